The Bertz CT molecular complexity index is 1170. The van der Waals surface area contributed by atoms with Gasteiger partial charge in [-0.15, -0.1) is 0 Å². The minimum absolute atomic E-state index is 0.0320. The van der Waals surface area contributed by atoms with Gasteiger partial charge in [0.05, 0.1) is 43.5 Å². The summed E-state index contributed by atoms with van der Waals surface area (Å²) in [6.45, 7) is 1.00. The highest BCUT2D eigenvalue weighted by molar-refractivity contribution is 8.15. The Labute approximate surface area is 212 Å². The van der Waals surface area contributed by atoms with Gasteiger partial charge in [-0.1, -0.05) is 11.8 Å². The van der Waals surface area contributed by atoms with Crippen molar-refractivity contribution in [3.8, 4) is 11.5 Å². The molecular weight excluding hydrogens is 488 g/mol. The highest BCUT2D eigenvalue weighted by atomic mass is 32.2. The number of amides is 2. The molecule has 2 aromatic carbocycles. The largest absolute Gasteiger partial charge is 0.497 e. The lowest BCUT2D eigenvalue weighted by molar-refractivity contribution is -0.384. The Kier molecular flexibility index (Phi) is 8.06. The van der Waals surface area contributed by atoms with Gasteiger partial charge in [0.15, 0.2) is 5.17 Å². The smallest absolute Gasteiger partial charge is 0.296 e. The summed E-state index contributed by atoms with van der Waals surface area (Å²) in [5, 5.41) is 13.7. The van der Waals surface area contributed by atoms with E-state index in [0.717, 1.165) is 12.8 Å². The fourth-order valence-electron chi connectivity index (χ4n) is 3.92. The first-order valence-corrected chi connectivity index (χ1v) is 12.2. The lowest BCUT2D eigenvalue weighted by atomic mass is 10.2. The molecule has 36 heavy (non-hydrogen) atoms. The van der Waals surface area contributed by atoms with Gasteiger partial charge in [-0.25, -0.2) is 4.99 Å². The molecule has 0 bridgehead atoms. The van der Waals surface area contributed by atoms with Crippen LogP contribution < -0.4 is 14.8 Å². The van der Waals surface area contributed by atoms with Crippen molar-refractivity contribution in [1.82, 2.24) is 4.90 Å². The van der Waals surface area contributed by atoms with Crippen LogP contribution in [0.3, 0.4) is 0 Å². The fraction of sp³-hybridized carbons (Fsp3) is 0.375. The first kappa shape index (κ1) is 25.5. The molecular formula is C24H26N4O7S. The number of nitro groups is 1. The Hall–Kier alpha value is -3.64. The molecule has 0 aromatic heterocycles. The summed E-state index contributed by atoms with van der Waals surface area (Å²) in [4.78, 5) is 43.1. The van der Waals surface area contributed by atoms with Crippen LogP contribution in [0.2, 0.25) is 0 Å². The molecule has 0 aliphatic carbocycles. The topological polar surface area (TPSA) is 133 Å². The predicted octanol–water partition coefficient (Wildman–Crippen LogP) is 3.75. The summed E-state index contributed by atoms with van der Waals surface area (Å²) in [5.74, 6) is 0.219. The number of hydrogen-bond acceptors (Lipinski definition) is 9. The van der Waals surface area contributed by atoms with Crippen LogP contribution in [0.15, 0.2) is 47.5 Å². The van der Waals surface area contributed by atoms with E-state index in [-0.39, 0.29) is 29.8 Å². The zero-order valence-electron chi connectivity index (χ0n) is 19.8. The number of thioether (sulfide) groups is 1. The van der Waals surface area contributed by atoms with Crippen LogP contribution >= 0.6 is 11.8 Å². The second-order valence-corrected chi connectivity index (χ2v) is 9.35. The maximum Gasteiger partial charge on any atom is 0.296 e. The van der Waals surface area contributed by atoms with Gasteiger partial charge in [0.1, 0.15) is 22.4 Å². The van der Waals surface area contributed by atoms with Crippen molar-refractivity contribution in [1.29, 1.82) is 0 Å². The van der Waals surface area contributed by atoms with Gasteiger partial charge >= 0.3 is 0 Å². The minimum Gasteiger partial charge on any atom is -0.497 e. The van der Waals surface area contributed by atoms with Gasteiger partial charge in [0, 0.05) is 13.0 Å². The molecule has 190 valence electrons. The molecule has 11 nitrogen and oxygen atoms in total. The quantitative estimate of drug-likeness (QED) is 0.395. The van der Waals surface area contributed by atoms with Crippen LogP contribution in [0.1, 0.15) is 19.3 Å². The summed E-state index contributed by atoms with van der Waals surface area (Å²) in [6, 6.07) is 11.3. The number of carbonyl (C=O) groups is 2. The molecule has 2 heterocycles. The summed E-state index contributed by atoms with van der Waals surface area (Å²) in [5.41, 5.74) is 0.377. The number of amidine groups is 1. The molecule has 2 fully saturated rings. The number of nitrogens with zero attached hydrogens (tertiary/aromatic N) is 3. The van der Waals surface area contributed by atoms with Crippen molar-refractivity contribution in [2.75, 3.05) is 32.7 Å². The number of methoxy groups -OCH3 is 2. The van der Waals surface area contributed by atoms with Crippen LogP contribution in [0.25, 0.3) is 0 Å². The van der Waals surface area contributed by atoms with Crippen LogP contribution in [-0.4, -0.2) is 65.5 Å². The molecule has 1 N–H and O–H groups in total. The van der Waals surface area contributed by atoms with Crippen LogP contribution in [0, 0.1) is 10.1 Å². The van der Waals surface area contributed by atoms with E-state index in [2.05, 4.69) is 10.3 Å². The highest BCUT2D eigenvalue weighted by Gasteiger charge is 2.40. The van der Waals surface area contributed by atoms with E-state index in [1.165, 1.54) is 37.1 Å². The number of nitro benzene ring substituents is 1. The molecule has 12 heteroatoms. The zero-order valence-corrected chi connectivity index (χ0v) is 20.7. The van der Waals surface area contributed by atoms with E-state index in [9.17, 15) is 19.7 Å². The number of aliphatic imine (C=N–C) groups is 1. The number of hydrogen-bond donors (Lipinski definition) is 1. The van der Waals surface area contributed by atoms with Crippen molar-refractivity contribution < 1.29 is 28.7 Å². The fourth-order valence-corrected chi connectivity index (χ4v) is 5.08. The lowest BCUT2D eigenvalue weighted by Crippen LogP contribution is -2.38. The molecule has 0 unspecified atom stereocenters. The molecule has 4 rings (SSSR count). The minimum atomic E-state index is -0.722. The molecule has 2 aliphatic heterocycles. The van der Waals surface area contributed by atoms with Gasteiger partial charge in [-0.05, 0) is 49.2 Å². The monoisotopic (exact) mass is 514 g/mol. The molecule has 2 aromatic rings. The van der Waals surface area contributed by atoms with Gasteiger partial charge in [-0.2, -0.15) is 0 Å². The van der Waals surface area contributed by atoms with Crippen molar-refractivity contribution in [3.63, 3.8) is 0 Å². The third kappa shape index (κ3) is 5.94. The van der Waals surface area contributed by atoms with Crippen molar-refractivity contribution >= 4 is 45.8 Å². The average Bonchev–Trinajstić information content (AvgIpc) is 3.49. The number of anilines is 1. The van der Waals surface area contributed by atoms with E-state index < -0.39 is 16.1 Å². The molecule has 2 atom stereocenters. The molecule has 0 spiro atoms. The Morgan fingerprint density at radius 3 is 2.58 bits per heavy atom. The van der Waals surface area contributed by atoms with Gasteiger partial charge in [0.2, 0.25) is 11.8 Å². The summed E-state index contributed by atoms with van der Waals surface area (Å²) >= 11 is 1.20. The number of rotatable bonds is 9. The third-order valence-electron chi connectivity index (χ3n) is 5.77. The molecule has 2 aliphatic rings. The van der Waals surface area contributed by atoms with E-state index >= 15 is 0 Å². The van der Waals surface area contributed by atoms with E-state index in [1.54, 1.807) is 36.3 Å². The van der Waals surface area contributed by atoms with Crippen LogP contribution in [0.5, 0.6) is 11.5 Å². The second-order valence-electron chi connectivity index (χ2n) is 8.18. The normalized spacial score (nSPS) is 20.6. The van der Waals surface area contributed by atoms with Gasteiger partial charge in [-0.3, -0.25) is 24.6 Å². The van der Waals surface area contributed by atoms with Crippen molar-refractivity contribution in [2.24, 2.45) is 4.99 Å². The molecule has 0 saturated carbocycles. The third-order valence-corrected chi connectivity index (χ3v) is 6.95. The average molecular weight is 515 g/mol. The maximum absolute atomic E-state index is 13.3. The number of carbonyl (C=O) groups excluding carboxylic acids is 2. The number of benzene rings is 2. The summed E-state index contributed by atoms with van der Waals surface area (Å²) in [6.07, 6.45) is 1.51. The second kappa shape index (κ2) is 11.4. The van der Waals surface area contributed by atoms with Gasteiger partial charge < -0.3 is 19.5 Å². The van der Waals surface area contributed by atoms with E-state index in [4.69, 9.17) is 14.2 Å². The van der Waals surface area contributed by atoms with Crippen molar-refractivity contribution in [2.45, 2.75) is 30.6 Å². The highest BCUT2D eigenvalue weighted by Crippen LogP contribution is 2.34. The summed E-state index contributed by atoms with van der Waals surface area (Å²) < 4.78 is 15.9. The standard InChI is InChI=1S/C24H26N4O7S/c1-33-16-7-5-15(6-8-16)25-24-27(14-18-4-3-11-35-18)23(30)21(36-24)13-22(29)26-19-10-9-17(34-2)12-20(19)28(31)32/h5-10,12,18,21H,3-4,11,13-14H2,1-2H3,(H,26,29)/t18-,21-/m1/s1. The van der Waals surface area contributed by atoms with Crippen molar-refractivity contribution in [3.05, 3.63) is 52.6 Å². The van der Waals surface area contributed by atoms with Gasteiger partial charge in [0.25, 0.3) is 5.69 Å². The van der Waals surface area contributed by atoms with Crippen LogP contribution in [0.4, 0.5) is 17.1 Å². The predicted molar refractivity (Wildman–Crippen MR) is 135 cm³/mol. The first-order chi connectivity index (χ1) is 17.4. The maximum atomic E-state index is 13.3. The Balaban J connectivity index is 1.51. The van der Waals surface area contributed by atoms with Crippen LogP contribution in [-0.2, 0) is 14.3 Å². The van der Waals surface area contributed by atoms with E-state index in [0.29, 0.717) is 35.5 Å². The molecule has 0 radical (unpaired) electrons. The number of nitrogens with one attached hydrogen (secondary N) is 1. The summed E-state index contributed by atoms with van der Waals surface area (Å²) in [7, 11) is 2.97. The van der Waals surface area contributed by atoms with E-state index in [1.807, 2.05) is 0 Å². The first-order valence-electron chi connectivity index (χ1n) is 11.3. The Morgan fingerprint density at radius 2 is 1.94 bits per heavy atom. The zero-order chi connectivity index (χ0) is 25.7. The SMILES string of the molecule is COc1ccc(N=C2S[C@H](CC(=O)Nc3ccc(OC)cc3[N+](=O)[O-])C(=O)N2C[C@H]2CCCO2)cc1. The number of ether oxygens (including phenoxy) is 3. The Morgan fingerprint density at radius 1 is 1.22 bits per heavy atom. The molecule has 2 saturated heterocycles. The molecule has 2 amide bonds. The lowest BCUT2D eigenvalue weighted by Gasteiger charge is -2.20.